The summed E-state index contributed by atoms with van der Waals surface area (Å²) in [6, 6.07) is 24.4. The number of aromatic nitrogens is 2. The van der Waals surface area contributed by atoms with E-state index in [9.17, 15) is 0 Å². The third kappa shape index (κ3) is 3.89. The molecule has 2 aromatic carbocycles. The molecule has 1 fully saturated rings. The molecule has 0 aliphatic carbocycles. The topological polar surface area (TPSA) is 42.3 Å². The largest absolute Gasteiger partial charge is 0.497 e. The highest BCUT2D eigenvalue weighted by Crippen LogP contribution is 2.44. The van der Waals surface area contributed by atoms with Crippen LogP contribution in [0.5, 0.6) is 5.75 Å². The van der Waals surface area contributed by atoms with Crippen molar-refractivity contribution in [1.82, 2.24) is 14.9 Å². The minimum absolute atomic E-state index is 0.0862. The van der Waals surface area contributed by atoms with Crippen molar-refractivity contribution in [1.29, 1.82) is 0 Å². The first-order valence-corrected chi connectivity index (χ1v) is 12.3. The molecule has 1 aliphatic heterocycles. The number of hydrogen-bond donors (Lipinski definition) is 1. The highest BCUT2D eigenvalue weighted by Gasteiger charge is 2.42. The van der Waals surface area contributed by atoms with Crippen LogP contribution in [0.15, 0.2) is 83.5 Å². The standard InChI is InChI=1S/C27H25BrN4OS/c1-17-15-21(18(2)31(17)24-13-5-4-11-22(24)28)26-25(23-12-6-7-14-29-23)30-27(34)32(26)19-9-8-10-20(16-19)33-3/h4-16,25-26H,1-3H3,(H,30,34)/t25-,26+/m1/s1. The SMILES string of the molecule is COc1cccc(N2C(=S)N[C@H](c3ccccn3)[C@@H]2c2cc(C)n(-c3ccccc3Br)c2C)c1. The van der Waals surface area contributed by atoms with Crippen LogP contribution in [0.3, 0.4) is 0 Å². The summed E-state index contributed by atoms with van der Waals surface area (Å²) < 4.78 is 8.85. The lowest BCUT2D eigenvalue weighted by molar-refractivity contribution is 0.415. The highest BCUT2D eigenvalue weighted by molar-refractivity contribution is 9.10. The van der Waals surface area contributed by atoms with Gasteiger partial charge in [0.1, 0.15) is 5.75 Å². The van der Waals surface area contributed by atoms with E-state index in [2.05, 4.69) is 85.9 Å². The molecule has 0 spiro atoms. The summed E-state index contributed by atoms with van der Waals surface area (Å²) in [6.07, 6.45) is 1.83. The minimum atomic E-state index is -0.104. The average Bonchev–Trinajstić information content (AvgIpc) is 3.35. The molecule has 0 saturated carbocycles. The molecule has 5 rings (SSSR count). The lowest BCUT2D eigenvalue weighted by Gasteiger charge is -2.28. The Morgan fingerprint density at radius 3 is 2.53 bits per heavy atom. The zero-order valence-electron chi connectivity index (χ0n) is 19.2. The van der Waals surface area contributed by atoms with Gasteiger partial charge in [-0.05, 0) is 90.0 Å². The molecule has 4 aromatic rings. The van der Waals surface area contributed by atoms with Gasteiger partial charge in [0.2, 0.25) is 0 Å². The molecule has 0 unspecified atom stereocenters. The van der Waals surface area contributed by atoms with E-state index in [1.54, 1.807) is 7.11 Å². The van der Waals surface area contributed by atoms with Crippen molar-refractivity contribution in [3.8, 4) is 11.4 Å². The van der Waals surface area contributed by atoms with E-state index in [0.29, 0.717) is 5.11 Å². The monoisotopic (exact) mass is 532 g/mol. The fraction of sp³-hybridized carbons (Fsp3) is 0.185. The lowest BCUT2D eigenvalue weighted by atomic mass is 9.96. The molecule has 172 valence electrons. The van der Waals surface area contributed by atoms with Gasteiger partial charge in [-0.2, -0.15) is 0 Å². The second kappa shape index (κ2) is 9.24. The maximum Gasteiger partial charge on any atom is 0.174 e. The van der Waals surface area contributed by atoms with Crippen molar-refractivity contribution in [2.75, 3.05) is 12.0 Å². The quantitative estimate of drug-likeness (QED) is 0.299. The first kappa shape index (κ1) is 22.6. The van der Waals surface area contributed by atoms with Gasteiger partial charge < -0.3 is 19.5 Å². The average molecular weight is 533 g/mol. The highest BCUT2D eigenvalue weighted by atomic mass is 79.9. The van der Waals surface area contributed by atoms with E-state index in [1.165, 1.54) is 5.56 Å². The van der Waals surface area contributed by atoms with E-state index in [1.807, 2.05) is 42.6 Å². The van der Waals surface area contributed by atoms with Gasteiger partial charge in [-0.3, -0.25) is 4.98 Å². The number of hydrogen-bond acceptors (Lipinski definition) is 3. The Balaban J connectivity index is 1.70. The van der Waals surface area contributed by atoms with Crippen LogP contribution in [0.4, 0.5) is 5.69 Å². The van der Waals surface area contributed by atoms with Crippen molar-refractivity contribution < 1.29 is 4.74 Å². The molecule has 5 nitrogen and oxygen atoms in total. The number of anilines is 1. The summed E-state index contributed by atoms with van der Waals surface area (Å²) in [4.78, 5) is 6.86. The molecule has 1 saturated heterocycles. The number of rotatable bonds is 5. The fourth-order valence-corrected chi connectivity index (χ4v) is 5.61. The normalized spacial score (nSPS) is 17.6. The molecule has 1 aliphatic rings. The molecular weight excluding hydrogens is 508 g/mol. The smallest absolute Gasteiger partial charge is 0.174 e. The zero-order valence-corrected chi connectivity index (χ0v) is 21.6. The van der Waals surface area contributed by atoms with Crippen LogP contribution in [0.2, 0.25) is 0 Å². The number of nitrogens with zero attached hydrogens (tertiary/aromatic N) is 3. The van der Waals surface area contributed by atoms with Crippen LogP contribution in [-0.2, 0) is 0 Å². The summed E-state index contributed by atoms with van der Waals surface area (Å²) in [6.45, 7) is 4.31. The molecule has 2 aromatic heterocycles. The van der Waals surface area contributed by atoms with Crippen molar-refractivity contribution in [2.45, 2.75) is 25.9 Å². The van der Waals surface area contributed by atoms with Crippen molar-refractivity contribution >= 4 is 38.9 Å². The number of halogens is 1. The Kier molecular flexibility index (Phi) is 6.15. The molecule has 0 amide bonds. The Bertz CT molecular complexity index is 1350. The van der Waals surface area contributed by atoms with E-state index in [-0.39, 0.29) is 12.1 Å². The van der Waals surface area contributed by atoms with Gasteiger partial charge in [-0.25, -0.2) is 0 Å². The molecule has 2 atom stereocenters. The molecule has 7 heteroatoms. The molecule has 0 radical (unpaired) electrons. The van der Waals surface area contributed by atoms with Crippen LogP contribution in [0.1, 0.15) is 34.7 Å². The number of thiocarbonyl (C=S) groups is 1. The van der Waals surface area contributed by atoms with Gasteiger partial charge in [0.15, 0.2) is 5.11 Å². The van der Waals surface area contributed by atoms with Gasteiger partial charge in [-0.15, -0.1) is 0 Å². The van der Waals surface area contributed by atoms with E-state index in [0.717, 1.165) is 38.7 Å². The number of nitrogens with one attached hydrogen (secondary N) is 1. The fourth-order valence-electron chi connectivity index (χ4n) is 4.80. The second-order valence-corrected chi connectivity index (χ2v) is 9.55. The number of ether oxygens (including phenoxy) is 1. The van der Waals surface area contributed by atoms with Gasteiger partial charge in [-0.1, -0.05) is 24.3 Å². The Hall–Kier alpha value is -3.16. The van der Waals surface area contributed by atoms with E-state index < -0.39 is 0 Å². The maximum atomic E-state index is 5.89. The number of methoxy groups -OCH3 is 1. The van der Waals surface area contributed by atoms with Crippen molar-refractivity contribution in [3.05, 3.63) is 106 Å². The minimum Gasteiger partial charge on any atom is -0.497 e. The first-order valence-electron chi connectivity index (χ1n) is 11.1. The first-order chi connectivity index (χ1) is 16.5. The van der Waals surface area contributed by atoms with Crippen molar-refractivity contribution in [2.24, 2.45) is 0 Å². The van der Waals surface area contributed by atoms with Gasteiger partial charge in [0.05, 0.1) is 30.6 Å². The van der Waals surface area contributed by atoms with Crippen LogP contribution in [0.25, 0.3) is 5.69 Å². The molecular formula is C27H25BrN4OS. The van der Waals surface area contributed by atoms with Crippen molar-refractivity contribution in [3.63, 3.8) is 0 Å². The zero-order chi connectivity index (χ0) is 23.8. The number of aryl methyl sites for hydroxylation is 1. The Labute approximate surface area is 213 Å². The van der Waals surface area contributed by atoms with Gasteiger partial charge in [0.25, 0.3) is 0 Å². The molecule has 34 heavy (non-hydrogen) atoms. The summed E-state index contributed by atoms with van der Waals surface area (Å²) >= 11 is 9.61. The molecule has 3 heterocycles. The maximum absolute atomic E-state index is 5.89. The lowest BCUT2D eigenvalue weighted by Crippen LogP contribution is -2.29. The van der Waals surface area contributed by atoms with E-state index >= 15 is 0 Å². The predicted molar refractivity (Wildman–Crippen MR) is 144 cm³/mol. The number of pyridine rings is 1. The predicted octanol–water partition coefficient (Wildman–Crippen LogP) is 6.44. The molecule has 1 N–H and O–H groups in total. The van der Waals surface area contributed by atoms with E-state index in [4.69, 9.17) is 17.0 Å². The third-order valence-electron chi connectivity index (χ3n) is 6.31. The second-order valence-electron chi connectivity index (χ2n) is 8.31. The number of para-hydroxylation sites is 1. The van der Waals surface area contributed by atoms with Gasteiger partial charge >= 0.3 is 0 Å². The summed E-state index contributed by atoms with van der Waals surface area (Å²) in [5.74, 6) is 0.791. The van der Waals surface area contributed by atoms with Crippen LogP contribution in [0, 0.1) is 13.8 Å². The summed E-state index contributed by atoms with van der Waals surface area (Å²) in [5.41, 5.74) is 6.55. The number of benzene rings is 2. The van der Waals surface area contributed by atoms with Crippen LogP contribution >= 0.6 is 28.1 Å². The summed E-state index contributed by atoms with van der Waals surface area (Å²) in [5, 5.41) is 4.21. The Morgan fingerprint density at radius 1 is 1.00 bits per heavy atom. The third-order valence-corrected chi connectivity index (χ3v) is 7.30. The van der Waals surface area contributed by atoms with Gasteiger partial charge in [0, 0.05) is 33.8 Å². The Morgan fingerprint density at radius 2 is 1.79 bits per heavy atom. The summed E-state index contributed by atoms with van der Waals surface area (Å²) in [7, 11) is 1.68. The van der Waals surface area contributed by atoms with Crippen LogP contribution in [-0.4, -0.2) is 21.8 Å². The van der Waals surface area contributed by atoms with Crippen LogP contribution < -0.4 is 15.0 Å². The molecule has 0 bridgehead atoms.